The highest BCUT2D eigenvalue weighted by Gasteiger charge is 2.43. The Bertz CT molecular complexity index is 538. The van der Waals surface area contributed by atoms with E-state index in [4.69, 9.17) is 13.8 Å². The van der Waals surface area contributed by atoms with Crippen LogP contribution in [0, 0.1) is 5.92 Å². The van der Waals surface area contributed by atoms with Gasteiger partial charge in [-0.1, -0.05) is 30.3 Å². The summed E-state index contributed by atoms with van der Waals surface area (Å²) in [5.41, 5.74) is -0.0139. The molecule has 0 fully saturated rings. The molecule has 1 aromatic carbocycles. The van der Waals surface area contributed by atoms with E-state index in [1.54, 1.807) is 20.8 Å². The summed E-state index contributed by atoms with van der Waals surface area (Å²) < 4.78 is 28.9. The smallest absolute Gasteiger partial charge is 0.344 e. The molecule has 6 nitrogen and oxygen atoms in total. The molecule has 0 bridgehead atoms. The average molecular weight is 372 g/mol. The third-order valence-corrected chi connectivity index (χ3v) is 6.16. The standard InChI is InChI=1S/C18H29O6P/c1-4-22-18(20)17(25(21,23-5-2)24-6-3)13-16(14-19)12-15-10-8-7-9-11-15/h7-11,16-17,19H,4-6,12-14H2,1-3H3/t16-,17?/m1/s1. The SMILES string of the molecule is CCOC(=O)C(C[C@H](CO)Cc1ccccc1)P(=O)(OCC)OCC. The number of hydrogen-bond donors (Lipinski definition) is 1. The summed E-state index contributed by atoms with van der Waals surface area (Å²) in [6.45, 7) is 5.45. The molecule has 0 aromatic heterocycles. The summed E-state index contributed by atoms with van der Waals surface area (Å²) in [5, 5.41) is 9.75. The van der Waals surface area contributed by atoms with Crippen LogP contribution in [-0.4, -0.2) is 43.2 Å². The van der Waals surface area contributed by atoms with E-state index in [9.17, 15) is 14.5 Å². The molecule has 0 amide bonds. The molecule has 1 aromatic rings. The summed E-state index contributed by atoms with van der Waals surface area (Å²) >= 11 is 0. The maximum atomic E-state index is 13.1. The van der Waals surface area contributed by atoms with Gasteiger partial charge in [-0.15, -0.1) is 0 Å². The lowest BCUT2D eigenvalue weighted by molar-refractivity contribution is -0.143. The molecule has 0 saturated heterocycles. The molecule has 0 aliphatic carbocycles. The van der Waals surface area contributed by atoms with E-state index < -0.39 is 19.2 Å². The highest BCUT2D eigenvalue weighted by molar-refractivity contribution is 7.55. The van der Waals surface area contributed by atoms with Crippen LogP contribution in [0.3, 0.4) is 0 Å². The number of aliphatic hydroxyl groups is 1. The van der Waals surface area contributed by atoms with Gasteiger partial charge in [-0.3, -0.25) is 9.36 Å². The van der Waals surface area contributed by atoms with Gasteiger partial charge in [0.25, 0.3) is 0 Å². The van der Waals surface area contributed by atoms with Crippen LogP contribution < -0.4 is 0 Å². The molecule has 0 aliphatic heterocycles. The molecule has 0 heterocycles. The van der Waals surface area contributed by atoms with E-state index in [1.807, 2.05) is 30.3 Å². The first-order chi connectivity index (χ1) is 12.0. The number of esters is 1. The zero-order valence-electron chi connectivity index (χ0n) is 15.2. The predicted molar refractivity (Wildman–Crippen MR) is 96.6 cm³/mol. The highest BCUT2D eigenvalue weighted by Crippen LogP contribution is 2.55. The van der Waals surface area contributed by atoms with Crippen LogP contribution in [0.25, 0.3) is 0 Å². The topological polar surface area (TPSA) is 82.1 Å². The lowest BCUT2D eigenvalue weighted by Crippen LogP contribution is -2.30. The molecule has 0 saturated carbocycles. The summed E-state index contributed by atoms with van der Waals surface area (Å²) in [7, 11) is -3.67. The minimum absolute atomic E-state index is 0.136. The highest BCUT2D eigenvalue weighted by atomic mass is 31.2. The van der Waals surface area contributed by atoms with E-state index in [0.717, 1.165) is 5.56 Å². The van der Waals surface area contributed by atoms with Gasteiger partial charge < -0.3 is 18.9 Å². The first-order valence-electron chi connectivity index (χ1n) is 8.70. The van der Waals surface area contributed by atoms with Gasteiger partial charge in [0.2, 0.25) is 0 Å². The number of carbonyl (C=O) groups is 1. The van der Waals surface area contributed by atoms with Crippen molar-refractivity contribution in [1.82, 2.24) is 0 Å². The van der Waals surface area contributed by atoms with Crippen molar-refractivity contribution in [1.29, 1.82) is 0 Å². The molecule has 0 aliphatic rings. The predicted octanol–water partition coefficient (Wildman–Crippen LogP) is 3.43. The first-order valence-corrected chi connectivity index (χ1v) is 10.3. The third kappa shape index (κ3) is 6.90. The van der Waals surface area contributed by atoms with Crippen LogP contribution in [-0.2, 0) is 29.6 Å². The monoisotopic (exact) mass is 372 g/mol. The maximum Gasteiger partial charge on any atom is 0.344 e. The van der Waals surface area contributed by atoms with E-state index in [-0.39, 0.29) is 38.8 Å². The van der Waals surface area contributed by atoms with Crippen LogP contribution >= 0.6 is 7.60 Å². The zero-order valence-corrected chi connectivity index (χ0v) is 16.1. The average Bonchev–Trinajstić information content (AvgIpc) is 2.59. The lowest BCUT2D eigenvalue weighted by Gasteiger charge is -2.27. The zero-order chi connectivity index (χ0) is 18.7. The van der Waals surface area contributed by atoms with Gasteiger partial charge in [0, 0.05) is 6.61 Å². The van der Waals surface area contributed by atoms with Crippen LogP contribution in [0.15, 0.2) is 30.3 Å². The largest absolute Gasteiger partial charge is 0.465 e. The number of carbonyl (C=O) groups excluding carboxylic acids is 1. The second-order valence-electron chi connectivity index (χ2n) is 5.62. The Labute approximate surface area is 150 Å². The van der Waals surface area contributed by atoms with Gasteiger partial charge in [0.15, 0.2) is 5.66 Å². The third-order valence-electron chi connectivity index (χ3n) is 3.74. The van der Waals surface area contributed by atoms with Crippen LogP contribution in [0.1, 0.15) is 32.8 Å². The molecular formula is C18H29O6P. The molecule has 7 heteroatoms. The van der Waals surface area contributed by atoms with Gasteiger partial charge in [-0.05, 0) is 45.1 Å². The molecular weight excluding hydrogens is 343 g/mol. The van der Waals surface area contributed by atoms with E-state index in [2.05, 4.69) is 0 Å². The van der Waals surface area contributed by atoms with E-state index >= 15 is 0 Å². The Hall–Kier alpha value is -1.20. The molecule has 1 rings (SSSR count). The minimum Gasteiger partial charge on any atom is -0.465 e. The second kappa shape index (κ2) is 11.4. The summed E-state index contributed by atoms with van der Waals surface area (Å²) in [6, 6.07) is 9.65. The fraction of sp³-hybridized carbons (Fsp3) is 0.611. The number of aliphatic hydroxyl groups excluding tert-OH is 1. The molecule has 142 valence electrons. The fourth-order valence-corrected chi connectivity index (χ4v) is 4.70. The molecule has 1 N–H and O–H groups in total. The number of rotatable bonds is 12. The molecule has 1 unspecified atom stereocenters. The molecule has 0 radical (unpaired) electrons. The number of benzene rings is 1. The van der Waals surface area contributed by atoms with Crippen molar-refractivity contribution in [3.05, 3.63) is 35.9 Å². The Balaban J connectivity index is 3.00. The van der Waals surface area contributed by atoms with Crippen molar-refractivity contribution >= 4 is 13.6 Å². The Kier molecular flexibility index (Phi) is 9.98. The van der Waals surface area contributed by atoms with Crippen molar-refractivity contribution in [2.24, 2.45) is 5.92 Å². The van der Waals surface area contributed by atoms with Crippen LogP contribution in [0.2, 0.25) is 0 Å². The molecule has 25 heavy (non-hydrogen) atoms. The summed E-state index contributed by atoms with van der Waals surface area (Å²) in [4.78, 5) is 12.4. The maximum absolute atomic E-state index is 13.1. The number of ether oxygens (including phenoxy) is 1. The second-order valence-corrected chi connectivity index (χ2v) is 7.84. The number of hydrogen-bond acceptors (Lipinski definition) is 6. The van der Waals surface area contributed by atoms with Gasteiger partial charge >= 0.3 is 13.6 Å². The van der Waals surface area contributed by atoms with Crippen LogP contribution in [0.5, 0.6) is 0 Å². The minimum atomic E-state index is -3.67. The van der Waals surface area contributed by atoms with E-state index in [1.165, 1.54) is 0 Å². The van der Waals surface area contributed by atoms with Crippen molar-refractivity contribution in [3.8, 4) is 0 Å². The normalized spacial score (nSPS) is 14.1. The van der Waals surface area contributed by atoms with Gasteiger partial charge in [0.05, 0.1) is 19.8 Å². The van der Waals surface area contributed by atoms with Crippen molar-refractivity contribution in [3.63, 3.8) is 0 Å². The molecule has 2 atom stereocenters. The van der Waals surface area contributed by atoms with Crippen molar-refractivity contribution in [2.75, 3.05) is 26.4 Å². The Morgan fingerprint density at radius 2 is 1.68 bits per heavy atom. The summed E-state index contributed by atoms with van der Waals surface area (Å²) in [5.74, 6) is -0.870. The lowest BCUT2D eigenvalue weighted by atomic mass is 9.95. The van der Waals surface area contributed by atoms with Gasteiger partial charge in [-0.25, -0.2) is 0 Å². The Morgan fingerprint density at radius 1 is 1.08 bits per heavy atom. The van der Waals surface area contributed by atoms with E-state index in [0.29, 0.717) is 6.42 Å². The quantitative estimate of drug-likeness (QED) is 0.447. The van der Waals surface area contributed by atoms with Gasteiger partial charge in [-0.2, -0.15) is 0 Å². The van der Waals surface area contributed by atoms with Crippen molar-refractivity contribution in [2.45, 2.75) is 39.3 Å². The Morgan fingerprint density at radius 3 is 2.16 bits per heavy atom. The van der Waals surface area contributed by atoms with Crippen LogP contribution in [0.4, 0.5) is 0 Å². The fourth-order valence-electron chi connectivity index (χ4n) is 2.66. The van der Waals surface area contributed by atoms with Gasteiger partial charge in [0.1, 0.15) is 0 Å². The van der Waals surface area contributed by atoms with Crippen molar-refractivity contribution < 1.29 is 28.3 Å². The first kappa shape index (κ1) is 21.8. The summed E-state index contributed by atoms with van der Waals surface area (Å²) in [6.07, 6.45) is 0.729. The molecule has 0 spiro atoms.